The molecule has 0 aliphatic carbocycles. The van der Waals surface area contributed by atoms with Crippen LogP contribution in [0.4, 0.5) is 13.2 Å². The molecule has 0 aromatic heterocycles. The van der Waals surface area contributed by atoms with Gasteiger partial charge in [0.15, 0.2) is 6.23 Å². The van der Waals surface area contributed by atoms with Crippen molar-refractivity contribution in [1.29, 1.82) is 0 Å². The van der Waals surface area contributed by atoms with Crippen LogP contribution in [0.15, 0.2) is 54.6 Å². The van der Waals surface area contributed by atoms with Crippen molar-refractivity contribution >= 4 is 25.4 Å². The number of carbonyl (C=O) groups is 1. The maximum absolute atomic E-state index is 12.3. The predicted octanol–water partition coefficient (Wildman–Crippen LogP) is 1.86. The quantitative estimate of drug-likeness (QED) is 0.390. The molecule has 163 valence electrons. The van der Waals surface area contributed by atoms with Gasteiger partial charge in [-0.25, -0.2) is 4.79 Å². The van der Waals surface area contributed by atoms with Crippen LogP contribution in [0.1, 0.15) is 26.3 Å². The molecule has 0 aliphatic rings. The standard InChI is InChI=1S/C21H25F3NO4Si/c1-20(2,3)14-9-11-16(12-10-14)30(15-7-5-4-6-8-15)28-13-17(26)18(25)29-19(27)21(22,23)24/h4-12,17-18,26H,13,25H2,1-3H3. The van der Waals surface area contributed by atoms with Gasteiger partial charge in [-0.1, -0.05) is 75.4 Å². The molecule has 2 atom stereocenters. The summed E-state index contributed by atoms with van der Waals surface area (Å²) in [5, 5.41) is 11.8. The van der Waals surface area contributed by atoms with Crippen LogP contribution in [0.3, 0.4) is 0 Å². The summed E-state index contributed by atoms with van der Waals surface area (Å²) >= 11 is 0. The summed E-state index contributed by atoms with van der Waals surface area (Å²) in [5.41, 5.74) is 6.50. The lowest BCUT2D eigenvalue weighted by Crippen LogP contribution is -2.49. The smallest absolute Gasteiger partial charge is 0.437 e. The largest absolute Gasteiger partial charge is 0.490 e. The van der Waals surface area contributed by atoms with Gasteiger partial charge in [0.25, 0.3) is 9.04 Å². The third-order valence-electron chi connectivity index (χ3n) is 4.30. The Balaban J connectivity index is 2.14. The van der Waals surface area contributed by atoms with E-state index in [1.807, 2.05) is 54.6 Å². The highest BCUT2D eigenvalue weighted by Crippen LogP contribution is 2.21. The maximum atomic E-state index is 12.3. The molecule has 2 unspecified atom stereocenters. The Labute approximate surface area is 175 Å². The normalized spacial score (nSPS) is 14.4. The van der Waals surface area contributed by atoms with Crippen LogP contribution >= 0.6 is 0 Å². The lowest BCUT2D eigenvalue weighted by atomic mass is 9.87. The molecular weight excluding hydrogens is 415 g/mol. The minimum Gasteiger partial charge on any atom is -0.437 e. The second-order valence-corrected chi connectivity index (χ2v) is 9.87. The number of ether oxygens (including phenoxy) is 1. The zero-order chi connectivity index (χ0) is 22.5. The molecule has 0 aliphatic heterocycles. The van der Waals surface area contributed by atoms with E-state index in [0.717, 1.165) is 15.9 Å². The van der Waals surface area contributed by atoms with Gasteiger partial charge in [0.2, 0.25) is 0 Å². The van der Waals surface area contributed by atoms with Crippen LogP contribution in [0.5, 0.6) is 0 Å². The molecule has 0 bridgehead atoms. The number of rotatable bonds is 7. The summed E-state index contributed by atoms with van der Waals surface area (Å²) in [4.78, 5) is 10.9. The minimum absolute atomic E-state index is 0.0234. The number of esters is 1. The topological polar surface area (TPSA) is 81.8 Å². The molecule has 2 rings (SSSR count). The Bertz CT molecular complexity index is 823. The van der Waals surface area contributed by atoms with Gasteiger partial charge in [-0.2, -0.15) is 13.2 Å². The van der Waals surface area contributed by atoms with Crippen molar-refractivity contribution in [2.45, 2.75) is 44.7 Å². The molecular formula is C21H25F3NO4Si. The second kappa shape index (κ2) is 9.74. The van der Waals surface area contributed by atoms with E-state index in [0.29, 0.717) is 0 Å². The zero-order valence-corrected chi connectivity index (χ0v) is 17.9. The van der Waals surface area contributed by atoms with Gasteiger partial charge >= 0.3 is 12.1 Å². The van der Waals surface area contributed by atoms with Gasteiger partial charge in [-0.15, -0.1) is 0 Å². The average molecular weight is 441 g/mol. The number of hydrogen-bond donors (Lipinski definition) is 2. The third-order valence-corrected chi connectivity index (χ3v) is 6.47. The lowest BCUT2D eigenvalue weighted by Gasteiger charge is -2.24. The van der Waals surface area contributed by atoms with Crippen molar-refractivity contribution in [1.82, 2.24) is 0 Å². The zero-order valence-electron chi connectivity index (χ0n) is 16.9. The first kappa shape index (κ1) is 24.1. The van der Waals surface area contributed by atoms with E-state index >= 15 is 0 Å². The Kier molecular flexibility index (Phi) is 7.81. The van der Waals surface area contributed by atoms with Gasteiger partial charge < -0.3 is 14.3 Å². The van der Waals surface area contributed by atoms with Crippen molar-refractivity contribution < 1.29 is 32.2 Å². The SMILES string of the molecule is CC(C)(C)c1ccc([Si](OCC(O)C(N)OC(=O)C(F)(F)F)c2ccccc2)cc1. The van der Waals surface area contributed by atoms with Crippen LogP contribution in [0.2, 0.25) is 0 Å². The van der Waals surface area contributed by atoms with E-state index in [-0.39, 0.29) is 5.41 Å². The highest BCUT2D eigenvalue weighted by atomic mass is 28.3. The van der Waals surface area contributed by atoms with E-state index in [1.165, 1.54) is 0 Å². The maximum Gasteiger partial charge on any atom is 0.490 e. The molecule has 9 heteroatoms. The van der Waals surface area contributed by atoms with Crippen molar-refractivity contribution in [2.24, 2.45) is 5.73 Å². The van der Waals surface area contributed by atoms with Crippen molar-refractivity contribution in [3.63, 3.8) is 0 Å². The fraction of sp³-hybridized carbons (Fsp3) is 0.381. The molecule has 1 radical (unpaired) electrons. The van der Waals surface area contributed by atoms with Crippen molar-refractivity contribution in [3.05, 3.63) is 60.2 Å². The lowest BCUT2D eigenvalue weighted by molar-refractivity contribution is -0.209. The van der Waals surface area contributed by atoms with Gasteiger partial charge in [0.05, 0.1) is 6.61 Å². The molecule has 0 saturated carbocycles. The number of nitrogens with two attached hydrogens (primary N) is 1. The van der Waals surface area contributed by atoms with E-state index in [4.69, 9.17) is 10.2 Å². The first-order valence-electron chi connectivity index (χ1n) is 9.27. The van der Waals surface area contributed by atoms with E-state index in [2.05, 4.69) is 25.5 Å². The molecule has 0 amide bonds. The summed E-state index contributed by atoms with van der Waals surface area (Å²) in [6, 6.07) is 17.2. The fourth-order valence-electron chi connectivity index (χ4n) is 2.58. The first-order valence-corrected chi connectivity index (χ1v) is 10.7. The van der Waals surface area contributed by atoms with Crippen molar-refractivity contribution in [3.8, 4) is 0 Å². The number of aliphatic hydroxyl groups excluding tert-OH is 1. The second-order valence-electron chi connectivity index (χ2n) is 7.77. The monoisotopic (exact) mass is 440 g/mol. The van der Waals surface area contributed by atoms with Crippen LogP contribution in [0.25, 0.3) is 0 Å². The summed E-state index contributed by atoms with van der Waals surface area (Å²) < 4.78 is 46.9. The number of aliphatic hydroxyl groups is 1. The molecule has 3 N–H and O–H groups in total. The number of halogens is 3. The molecule has 5 nitrogen and oxygen atoms in total. The molecule has 0 heterocycles. The average Bonchev–Trinajstić information content (AvgIpc) is 2.67. The van der Waals surface area contributed by atoms with Crippen LogP contribution < -0.4 is 16.1 Å². The Morgan fingerprint density at radius 1 is 1.03 bits per heavy atom. The van der Waals surface area contributed by atoms with Gasteiger partial charge in [-0.05, 0) is 21.4 Å². The molecule has 0 fully saturated rings. The minimum atomic E-state index is -5.19. The van der Waals surface area contributed by atoms with Gasteiger partial charge in [0, 0.05) is 0 Å². The van der Waals surface area contributed by atoms with Crippen LogP contribution in [0, 0.1) is 0 Å². The molecule has 2 aromatic carbocycles. The number of benzene rings is 2. The van der Waals surface area contributed by atoms with E-state index in [9.17, 15) is 23.1 Å². The first-order chi connectivity index (χ1) is 13.9. The molecule has 30 heavy (non-hydrogen) atoms. The van der Waals surface area contributed by atoms with E-state index < -0.39 is 40.1 Å². The van der Waals surface area contributed by atoms with E-state index in [1.54, 1.807) is 0 Å². The number of alkyl halides is 3. The third kappa shape index (κ3) is 6.66. The van der Waals surface area contributed by atoms with Crippen LogP contribution in [-0.4, -0.2) is 45.2 Å². The fourth-order valence-corrected chi connectivity index (χ4v) is 4.55. The predicted molar refractivity (Wildman–Crippen MR) is 109 cm³/mol. The summed E-state index contributed by atoms with van der Waals surface area (Å²) in [7, 11) is -1.82. The summed E-state index contributed by atoms with van der Waals surface area (Å²) in [6.45, 7) is 5.90. The Hall–Kier alpha value is -2.20. The van der Waals surface area contributed by atoms with Crippen LogP contribution in [-0.2, 0) is 19.4 Å². The Morgan fingerprint density at radius 2 is 1.57 bits per heavy atom. The number of carbonyl (C=O) groups excluding carboxylic acids is 1. The summed E-state index contributed by atoms with van der Waals surface area (Å²) in [6.07, 6.45) is -8.67. The summed E-state index contributed by atoms with van der Waals surface area (Å²) in [5.74, 6) is -2.46. The highest BCUT2D eigenvalue weighted by molar-refractivity contribution is 6.80. The van der Waals surface area contributed by atoms with Gasteiger partial charge in [-0.3, -0.25) is 5.73 Å². The number of hydrogen-bond acceptors (Lipinski definition) is 5. The van der Waals surface area contributed by atoms with Crippen molar-refractivity contribution in [2.75, 3.05) is 6.61 Å². The van der Waals surface area contributed by atoms with Gasteiger partial charge in [0.1, 0.15) is 6.10 Å². The molecule has 2 aromatic rings. The Morgan fingerprint density at radius 3 is 2.07 bits per heavy atom. The molecule has 0 spiro atoms. The highest BCUT2D eigenvalue weighted by Gasteiger charge is 2.42. The molecule has 0 saturated heterocycles.